The highest BCUT2D eigenvalue weighted by atomic mass is 35.5. The van der Waals surface area contributed by atoms with E-state index in [1.165, 1.54) is 0 Å². The summed E-state index contributed by atoms with van der Waals surface area (Å²) in [6, 6.07) is 11.0. The van der Waals surface area contributed by atoms with Gasteiger partial charge < -0.3 is 15.2 Å². The van der Waals surface area contributed by atoms with Gasteiger partial charge in [-0.1, -0.05) is 37.0 Å². The lowest BCUT2D eigenvalue weighted by Crippen LogP contribution is -2.32. The van der Waals surface area contributed by atoms with E-state index in [0.717, 1.165) is 0 Å². The molecule has 2 aromatic carbocycles. The van der Waals surface area contributed by atoms with Gasteiger partial charge in [0.25, 0.3) is 5.91 Å². The Bertz CT molecular complexity index is 775. The molecule has 0 saturated heterocycles. The summed E-state index contributed by atoms with van der Waals surface area (Å²) in [5.41, 5.74) is 0.782. The molecular weight excluding hydrogens is 365 g/mol. The van der Waals surface area contributed by atoms with Crippen LogP contribution in [0.15, 0.2) is 42.5 Å². The SMILES string of the molecule is CC(C)C(Oc1ccc(C(=O)Nc2cc(Cl)ccc2Cl)cc1)C(=O)O. The molecule has 132 valence electrons. The van der Waals surface area contributed by atoms with E-state index < -0.39 is 12.1 Å². The minimum Gasteiger partial charge on any atom is -0.478 e. The second kappa shape index (κ2) is 8.23. The lowest BCUT2D eigenvalue weighted by molar-refractivity contribution is -0.147. The van der Waals surface area contributed by atoms with Crippen LogP contribution in [0, 0.1) is 5.92 Å². The zero-order valence-corrected chi connectivity index (χ0v) is 15.1. The first-order valence-electron chi connectivity index (χ1n) is 7.54. The average molecular weight is 382 g/mol. The number of carboxylic acid groups (broad SMARTS) is 1. The number of amides is 1. The molecule has 0 spiro atoms. The minimum absolute atomic E-state index is 0.189. The Kier molecular flexibility index (Phi) is 6.28. The van der Waals surface area contributed by atoms with Crippen molar-refractivity contribution in [3.05, 3.63) is 58.1 Å². The largest absolute Gasteiger partial charge is 0.478 e. The maximum atomic E-state index is 12.3. The number of anilines is 1. The molecule has 1 unspecified atom stereocenters. The zero-order chi connectivity index (χ0) is 18.6. The Labute approximate surface area is 155 Å². The first-order chi connectivity index (χ1) is 11.8. The van der Waals surface area contributed by atoms with E-state index in [0.29, 0.717) is 27.0 Å². The molecule has 0 bridgehead atoms. The molecule has 2 rings (SSSR count). The van der Waals surface area contributed by atoms with Crippen molar-refractivity contribution in [1.82, 2.24) is 0 Å². The molecule has 0 heterocycles. The third-order valence-electron chi connectivity index (χ3n) is 3.41. The van der Waals surface area contributed by atoms with Gasteiger partial charge in [0.05, 0.1) is 10.7 Å². The first-order valence-corrected chi connectivity index (χ1v) is 8.29. The highest BCUT2D eigenvalue weighted by Gasteiger charge is 2.23. The van der Waals surface area contributed by atoms with E-state index >= 15 is 0 Å². The molecule has 0 fully saturated rings. The van der Waals surface area contributed by atoms with Gasteiger partial charge in [0.1, 0.15) is 5.75 Å². The molecule has 1 atom stereocenters. The lowest BCUT2D eigenvalue weighted by atomic mass is 10.1. The third kappa shape index (κ3) is 5.11. The van der Waals surface area contributed by atoms with Crippen LogP contribution < -0.4 is 10.1 Å². The summed E-state index contributed by atoms with van der Waals surface area (Å²) in [4.78, 5) is 23.5. The molecule has 25 heavy (non-hydrogen) atoms. The van der Waals surface area contributed by atoms with Gasteiger partial charge in [0.2, 0.25) is 0 Å². The summed E-state index contributed by atoms with van der Waals surface area (Å²) >= 11 is 11.9. The summed E-state index contributed by atoms with van der Waals surface area (Å²) in [5, 5.41) is 12.7. The van der Waals surface area contributed by atoms with Gasteiger partial charge in [0.15, 0.2) is 6.10 Å². The van der Waals surface area contributed by atoms with Gasteiger partial charge in [-0.05, 0) is 42.5 Å². The van der Waals surface area contributed by atoms with E-state index in [2.05, 4.69) is 5.32 Å². The molecule has 0 aliphatic heterocycles. The first kappa shape index (κ1) is 19.1. The molecule has 0 aliphatic rings. The Morgan fingerprint density at radius 1 is 1.08 bits per heavy atom. The summed E-state index contributed by atoms with van der Waals surface area (Å²) in [5.74, 6) is -1.22. The quantitative estimate of drug-likeness (QED) is 0.757. The number of hydrogen-bond donors (Lipinski definition) is 2. The number of carbonyl (C=O) groups excluding carboxylic acids is 1. The molecule has 0 saturated carbocycles. The Morgan fingerprint density at radius 3 is 2.28 bits per heavy atom. The number of nitrogens with one attached hydrogen (secondary N) is 1. The average Bonchev–Trinajstić information content (AvgIpc) is 2.56. The fraction of sp³-hybridized carbons (Fsp3) is 0.222. The summed E-state index contributed by atoms with van der Waals surface area (Å²) in [6.07, 6.45) is -0.954. The van der Waals surface area contributed by atoms with Crippen LogP contribution in [-0.2, 0) is 4.79 Å². The van der Waals surface area contributed by atoms with Crippen LogP contribution in [0.2, 0.25) is 10.0 Å². The van der Waals surface area contributed by atoms with Crippen LogP contribution in [0.25, 0.3) is 0 Å². The van der Waals surface area contributed by atoms with Gasteiger partial charge in [-0.25, -0.2) is 4.79 Å². The minimum atomic E-state index is -1.03. The maximum Gasteiger partial charge on any atom is 0.345 e. The number of aliphatic carboxylic acids is 1. The van der Waals surface area contributed by atoms with Gasteiger partial charge in [-0.15, -0.1) is 0 Å². The number of hydrogen-bond acceptors (Lipinski definition) is 3. The van der Waals surface area contributed by atoms with Crippen molar-refractivity contribution >= 4 is 40.8 Å². The van der Waals surface area contributed by atoms with Crippen LogP contribution in [0.3, 0.4) is 0 Å². The highest BCUT2D eigenvalue weighted by Crippen LogP contribution is 2.26. The predicted molar refractivity (Wildman–Crippen MR) is 97.7 cm³/mol. The number of halogens is 2. The van der Waals surface area contributed by atoms with Crippen LogP contribution in [0.1, 0.15) is 24.2 Å². The normalized spacial score (nSPS) is 11.9. The lowest BCUT2D eigenvalue weighted by Gasteiger charge is -2.18. The van der Waals surface area contributed by atoms with E-state index in [1.807, 2.05) is 0 Å². The smallest absolute Gasteiger partial charge is 0.345 e. The molecule has 5 nitrogen and oxygen atoms in total. The van der Waals surface area contributed by atoms with Crippen molar-refractivity contribution in [1.29, 1.82) is 0 Å². The molecule has 0 aromatic heterocycles. The Morgan fingerprint density at radius 2 is 1.72 bits per heavy atom. The number of ether oxygens (including phenoxy) is 1. The van der Waals surface area contributed by atoms with E-state index in [4.69, 9.17) is 33.0 Å². The van der Waals surface area contributed by atoms with Crippen molar-refractivity contribution in [3.63, 3.8) is 0 Å². The number of carboxylic acids is 1. The van der Waals surface area contributed by atoms with Crippen molar-refractivity contribution in [2.24, 2.45) is 5.92 Å². The molecule has 1 amide bonds. The predicted octanol–water partition coefficient (Wildman–Crippen LogP) is 4.73. The van der Waals surface area contributed by atoms with E-state index in [1.54, 1.807) is 56.3 Å². The fourth-order valence-electron chi connectivity index (χ4n) is 2.09. The van der Waals surface area contributed by atoms with Crippen LogP contribution in [-0.4, -0.2) is 23.1 Å². The van der Waals surface area contributed by atoms with Crippen molar-refractivity contribution in [2.75, 3.05) is 5.32 Å². The van der Waals surface area contributed by atoms with Crippen LogP contribution >= 0.6 is 23.2 Å². The molecule has 0 radical (unpaired) electrons. The highest BCUT2D eigenvalue weighted by molar-refractivity contribution is 6.35. The van der Waals surface area contributed by atoms with Gasteiger partial charge in [-0.3, -0.25) is 4.79 Å². The molecule has 2 N–H and O–H groups in total. The third-order valence-corrected chi connectivity index (χ3v) is 3.97. The van der Waals surface area contributed by atoms with E-state index in [-0.39, 0.29) is 11.8 Å². The van der Waals surface area contributed by atoms with Gasteiger partial charge in [0, 0.05) is 16.5 Å². The maximum absolute atomic E-state index is 12.3. The van der Waals surface area contributed by atoms with Gasteiger partial charge in [-0.2, -0.15) is 0 Å². The van der Waals surface area contributed by atoms with Crippen LogP contribution in [0.5, 0.6) is 5.75 Å². The summed E-state index contributed by atoms with van der Waals surface area (Å²) in [6.45, 7) is 3.52. The monoisotopic (exact) mass is 381 g/mol. The topological polar surface area (TPSA) is 75.6 Å². The number of rotatable bonds is 6. The van der Waals surface area contributed by atoms with Crippen molar-refractivity contribution in [2.45, 2.75) is 20.0 Å². The standard InChI is InChI=1S/C18H17Cl2NO4/c1-10(2)16(18(23)24)25-13-6-3-11(4-7-13)17(22)21-15-9-12(19)5-8-14(15)20/h3-10,16H,1-2H3,(H,21,22)(H,23,24). The Hall–Kier alpha value is -2.24. The summed E-state index contributed by atoms with van der Waals surface area (Å²) in [7, 11) is 0. The van der Waals surface area contributed by atoms with Crippen molar-refractivity contribution < 1.29 is 19.4 Å². The molecule has 2 aromatic rings. The molecular formula is C18H17Cl2NO4. The van der Waals surface area contributed by atoms with E-state index in [9.17, 15) is 9.59 Å². The second-order valence-electron chi connectivity index (χ2n) is 5.72. The number of benzene rings is 2. The molecule has 0 aliphatic carbocycles. The molecule has 7 heteroatoms. The zero-order valence-electron chi connectivity index (χ0n) is 13.6. The fourth-order valence-corrected chi connectivity index (χ4v) is 2.43. The Balaban J connectivity index is 2.10. The van der Waals surface area contributed by atoms with Crippen molar-refractivity contribution in [3.8, 4) is 5.75 Å². The number of carbonyl (C=O) groups is 2. The second-order valence-corrected chi connectivity index (χ2v) is 6.57. The van der Waals surface area contributed by atoms with Gasteiger partial charge >= 0.3 is 5.97 Å². The summed E-state index contributed by atoms with van der Waals surface area (Å²) < 4.78 is 5.46. The van der Waals surface area contributed by atoms with Crippen LogP contribution in [0.4, 0.5) is 5.69 Å².